The van der Waals surface area contributed by atoms with E-state index in [2.05, 4.69) is 18.3 Å². The molecule has 1 unspecified atom stereocenters. The van der Waals surface area contributed by atoms with Crippen LogP contribution in [0.1, 0.15) is 32.3 Å². The molecule has 0 aliphatic rings. The van der Waals surface area contributed by atoms with Crippen molar-refractivity contribution >= 4 is 5.91 Å². The molecule has 0 aromatic heterocycles. The van der Waals surface area contributed by atoms with Gasteiger partial charge in [-0.1, -0.05) is 25.5 Å². The fourth-order valence-electron chi connectivity index (χ4n) is 1.66. The highest BCUT2D eigenvalue weighted by Gasteiger charge is 2.06. The van der Waals surface area contributed by atoms with Gasteiger partial charge in [0.25, 0.3) is 0 Å². The van der Waals surface area contributed by atoms with Gasteiger partial charge in [0.15, 0.2) is 0 Å². The molecule has 1 aromatic rings. The molecular weight excluding hydrogens is 240 g/mol. The number of primary amides is 1. The molecule has 0 saturated heterocycles. The second-order valence-corrected chi connectivity index (χ2v) is 4.68. The van der Waals surface area contributed by atoms with Crippen LogP contribution >= 0.6 is 0 Å². The smallest absolute Gasteiger partial charge is 0.234 e. The van der Waals surface area contributed by atoms with Crippen LogP contribution < -0.4 is 15.8 Å². The van der Waals surface area contributed by atoms with E-state index in [1.54, 1.807) is 6.92 Å². The summed E-state index contributed by atoms with van der Waals surface area (Å²) in [5, 5.41) is 3.09. The average Bonchev–Trinajstić information content (AvgIpc) is 2.39. The van der Waals surface area contributed by atoms with Crippen LogP contribution in [0.25, 0.3) is 0 Å². The fraction of sp³-hybridized carbons (Fsp3) is 0.533. The Morgan fingerprint density at radius 3 is 2.95 bits per heavy atom. The molecule has 0 aliphatic heterocycles. The van der Waals surface area contributed by atoms with E-state index in [9.17, 15) is 4.79 Å². The molecule has 0 heterocycles. The van der Waals surface area contributed by atoms with E-state index in [0.717, 1.165) is 38.2 Å². The lowest BCUT2D eigenvalue weighted by Crippen LogP contribution is -2.39. The van der Waals surface area contributed by atoms with Crippen molar-refractivity contribution in [3.05, 3.63) is 29.8 Å². The standard InChI is InChI=1S/C15H24N2O2/c1-3-4-10-19-14-7-5-6-13(11-14)8-9-17-12(2)15(16)18/h5-7,11-12,17H,3-4,8-10H2,1-2H3,(H2,16,18). The molecule has 0 aliphatic carbocycles. The third kappa shape index (κ3) is 6.25. The predicted octanol–water partition coefficient (Wildman–Crippen LogP) is 1.87. The van der Waals surface area contributed by atoms with Crippen molar-refractivity contribution in [2.75, 3.05) is 13.2 Å². The Balaban J connectivity index is 2.37. The van der Waals surface area contributed by atoms with Crippen LogP contribution in [0.4, 0.5) is 0 Å². The predicted molar refractivity (Wildman–Crippen MR) is 77.2 cm³/mol. The Morgan fingerprint density at radius 2 is 2.26 bits per heavy atom. The van der Waals surface area contributed by atoms with Crippen LogP contribution in [0.2, 0.25) is 0 Å². The molecule has 0 bridgehead atoms. The number of nitrogens with two attached hydrogens (primary N) is 1. The Bertz CT molecular complexity index is 393. The molecule has 1 rings (SSSR count). The van der Waals surface area contributed by atoms with Crippen LogP contribution in [0.3, 0.4) is 0 Å². The van der Waals surface area contributed by atoms with E-state index < -0.39 is 0 Å². The van der Waals surface area contributed by atoms with E-state index in [0.29, 0.717) is 0 Å². The van der Waals surface area contributed by atoms with Crippen LogP contribution in [0.15, 0.2) is 24.3 Å². The number of nitrogens with one attached hydrogen (secondary N) is 1. The van der Waals surface area contributed by atoms with Crippen molar-refractivity contribution in [1.82, 2.24) is 5.32 Å². The number of unbranched alkanes of at least 4 members (excludes halogenated alkanes) is 1. The van der Waals surface area contributed by atoms with Crippen LogP contribution in [-0.4, -0.2) is 25.1 Å². The Morgan fingerprint density at radius 1 is 1.47 bits per heavy atom. The topological polar surface area (TPSA) is 64.3 Å². The first-order valence-corrected chi connectivity index (χ1v) is 6.88. The van der Waals surface area contributed by atoms with E-state index in [4.69, 9.17) is 10.5 Å². The molecule has 0 saturated carbocycles. The highest BCUT2D eigenvalue weighted by Crippen LogP contribution is 2.14. The summed E-state index contributed by atoms with van der Waals surface area (Å²) in [7, 11) is 0. The summed E-state index contributed by atoms with van der Waals surface area (Å²) in [6.07, 6.45) is 3.05. The van der Waals surface area contributed by atoms with E-state index in [-0.39, 0.29) is 11.9 Å². The van der Waals surface area contributed by atoms with Gasteiger partial charge in [0, 0.05) is 0 Å². The monoisotopic (exact) mass is 264 g/mol. The zero-order chi connectivity index (χ0) is 14.1. The number of rotatable bonds is 9. The zero-order valence-electron chi connectivity index (χ0n) is 11.8. The summed E-state index contributed by atoms with van der Waals surface area (Å²) in [6, 6.07) is 7.78. The molecule has 0 spiro atoms. The fourth-order valence-corrected chi connectivity index (χ4v) is 1.66. The molecule has 4 heteroatoms. The van der Waals surface area contributed by atoms with E-state index in [1.165, 1.54) is 5.56 Å². The lowest BCUT2D eigenvalue weighted by molar-refractivity contribution is -0.119. The normalized spacial score (nSPS) is 12.1. The quantitative estimate of drug-likeness (QED) is 0.669. The summed E-state index contributed by atoms with van der Waals surface area (Å²) in [4.78, 5) is 10.9. The van der Waals surface area contributed by atoms with Gasteiger partial charge in [-0.25, -0.2) is 0 Å². The molecule has 106 valence electrons. The van der Waals surface area contributed by atoms with Crippen LogP contribution in [-0.2, 0) is 11.2 Å². The van der Waals surface area contributed by atoms with Crippen molar-refractivity contribution in [3.63, 3.8) is 0 Å². The third-order valence-corrected chi connectivity index (χ3v) is 2.96. The number of hydrogen-bond donors (Lipinski definition) is 2. The number of benzene rings is 1. The second kappa shape index (κ2) is 8.53. The van der Waals surface area contributed by atoms with Gasteiger partial charge in [-0.3, -0.25) is 4.79 Å². The first kappa shape index (κ1) is 15.5. The van der Waals surface area contributed by atoms with Crippen molar-refractivity contribution in [2.24, 2.45) is 5.73 Å². The Labute approximate surface area is 115 Å². The molecular formula is C15H24N2O2. The number of carbonyl (C=O) groups is 1. The summed E-state index contributed by atoms with van der Waals surface area (Å²) >= 11 is 0. The largest absolute Gasteiger partial charge is 0.494 e. The maximum Gasteiger partial charge on any atom is 0.234 e. The van der Waals surface area contributed by atoms with Gasteiger partial charge in [0.2, 0.25) is 5.91 Å². The highest BCUT2D eigenvalue weighted by atomic mass is 16.5. The summed E-state index contributed by atoms with van der Waals surface area (Å²) < 4.78 is 5.66. The van der Waals surface area contributed by atoms with Crippen molar-refractivity contribution in [1.29, 1.82) is 0 Å². The minimum Gasteiger partial charge on any atom is -0.494 e. The lowest BCUT2D eigenvalue weighted by Gasteiger charge is -2.11. The van der Waals surface area contributed by atoms with Gasteiger partial charge in [-0.15, -0.1) is 0 Å². The van der Waals surface area contributed by atoms with Crippen molar-refractivity contribution < 1.29 is 9.53 Å². The molecule has 1 aromatic carbocycles. The minimum absolute atomic E-state index is 0.288. The first-order valence-electron chi connectivity index (χ1n) is 6.88. The third-order valence-electron chi connectivity index (χ3n) is 2.96. The van der Waals surface area contributed by atoms with Gasteiger partial charge >= 0.3 is 0 Å². The molecule has 1 amide bonds. The van der Waals surface area contributed by atoms with Gasteiger partial charge in [-0.2, -0.15) is 0 Å². The lowest BCUT2D eigenvalue weighted by atomic mass is 10.1. The minimum atomic E-state index is -0.323. The van der Waals surface area contributed by atoms with E-state index >= 15 is 0 Å². The number of hydrogen-bond acceptors (Lipinski definition) is 3. The molecule has 0 fully saturated rings. The van der Waals surface area contributed by atoms with Gasteiger partial charge in [0.1, 0.15) is 5.75 Å². The molecule has 1 atom stereocenters. The Hall–Kier alpha value is -1.55. The highest BCUT2D eigenvalue weighted by molar-refractivity contribution is 5.79. The number of amides is 1. The van der Waals surface area contributed by atoms with Gasteiger partial charge < -0.3 is 15.8 Å². The van der Waals surface area contributed by atoms with Gasteiger partial charge in [-0.05, 0) is 44.0 Å². The molecule has 3 N–H and O–H groups in total. The second-order valence-electron chi connectivity index (χ2n) is 4.68. The van der Waals surface area contributed by atoms with Crippen molar-refractivity contribution in [2.45, 2.75) is 39.2 Å². The maximum atomic E-state index is 10.9. The van der Waals surface area contributed by atoms with Crippen LogP contribution in [0, 0.1) is 0 Å². The van der Waals surface area contributed by atoms with Crippen molar-refractivity contribution in [3.8, 4) is 5.75 Å². The number of carbonyl (C=O) groups excluding carboxylic acids is 1. The SMILES string of the molecule is CCCCOc1cccc(CCNC(C)C(N)=O)c1. The van der Waals surface area contributed by atoms with E-state index in [1.807, 2.05) is 18.2 Å². The van der Waals surface area contributed by atoms with Crippen LogP contribution in [0.5, 0.6) is 5.75 Å². The molecule has 19 heavy (non-hydrogen) atoms. The maximum absolute atomic E-state index is 10.9. The first-order chi connectivity index (χ1) is 9.13. The molecule has 0 radical (unpaired) electrons. The summed E-state index contributed by atoms with van der Waals surface area (Å²) in [6.45, 7) is 5.40. The average molecular weight is 264 g/mol. The molecule has 4 nitrogen and oxygen atoms in total. The summed E-state index contributed by atoms with van der Waals surface area (Å²) in [5.74, 6) is 0.588. The van der Waals surface area contributed by atoms with Gasteiger partial charge in [0.05, 0.1) is 12.6 Å². The number of ether oxygens (including phenoxy) is 1. The zero-order valence-corrected chi connectivity index (χ0v) is 11.8. The Kier molecular flexibility index (Phi) is 6.97. The summed E-state index contributed by atoms with van der Waals surface area (Å²) in [5.41, 5.74) is 6.38.